The van der Waals surface area contributed by atoms with Gasteiger partial charge in [-0.15, -0.1) is 0 Å². The molecule has 1 nitrogen and oxygen atoms in total. The summed E-state index contributed by atoms with van der Waals surface area (Å²) in [5, 5.41) is 0. The van der Waals surface area contributed by atoms with Crippen molar-refractivity contribution in [2.24, 2.45) is 35.0 Å². The van der Waals surface area contributed by atoms with Crippen molar-refractivity contribution in [3.05, 3.63) is 23.8 Å². The van der Waals surface area contributed by atoms with Crippen molar-refractivity contribution in [1.29, 1.82) is 0 Å². The highest BCUT2D eigenvalue weighted by Crippen LogP contribution is 2.62. The summed E-state index contributed by atoms with van der Waals surface area (Å²) in [7, 11) is 0. The van der Waals surface area contributed by atoms with E-state index in [2.05, 4.69) is 25.2 Å². The van der Waals surface area contributed by atoms with Crippen molar-refractivity contribution in [2.45, 2.75) is 58.8 Å². The average molecular weight is 284 g/mol. The second kappa shape index (κ2) is 4.83. The summed E-state index contributed by atoms with van der Waals surface area (Å²) >= 11 is 0. The Morgan fingerprint density at radius 1 is 1.19 bits per heavy atom. The largest absolute Gasteiger partial charge is 0.300 e. The van der Waals surface area contributed by atoms with E-state index in [-0.39, 0.29) is 0 Å². The van der Waals surface area contributed by atoms with Gasteiger partial charge < -0.3 is 0 Å². The summed E-state index contributed by atoms with van der Waals surface area (Å²) in [6.07, 6.45) is 16.3. The van der Waals surface area contributed by atoms with Gasteiger partial charge in [0.2, 0.25) is 0 Å². The molecule has 114 valence electrons. The summed E-state index contributed by atoms with van der Waals surface area (Å²) in [5.41, 5.74) is 1.94. The smallest absolute Gasteiger partial charge is 0.133 e. The van der Waals surface area contributed by atoms with E-state index in [1.165, 1.54) is 38.5 Å². The second-order valence-electron chi connectivity index (χ2n) is 8.25. The van der Waals surface area contributed by atoms with E-state index < -0.39 is 0 Å². The molecule has 4 rings (SSSR count). The Morgan fingerprint density at radius 3 is 2.86 bits per heavy atom. The normalized spacial score (nSPS) is 48.1. The lowest BCUT2D eigenvalue weighted by Gasteiger charge is -2.52. The molecule has 0 aromatic carbocycles. The third-order valence-corrected chi connectivity index (χ3v) is 7.51. The molecule has 2 fully saturated rings. The lowest BCUT2D eigenvalue weighted by Crippen LogP contribution is -2.46. The van der Waals surface area contributed by atoms with Crippen molar-refractivity contribution in [3.63, 3.8) is 0 Å². The summed E-state index contributed by atoms with van der Waals surface area (Å²) in [4.78, 5) is 12.1. The standard InChI is InChI=1S/C20H28O/c1-13(21)18-9-10-19-17-8-7-14-5-3-4-6-15(14)16(17)11-12-20(18,19)2/h3,5,7,15-19H,4,6,8-12H2,1-2H3/t15-,16-,17+,18-,19+,20-/m0/s1. The van der Waals surface area contributed by atoms with Crippen LogP contribution in [0.5, 0.6) is 0 Å². The maximum absolute atomic E-state index is 12.1. The van der Waals surface area contributed by atoms with E-state index in [1.807, 2.05) is 6.92 Å². The van der Waals surface area contributed by atoms with Crippen LogP contribution in [0, 0.1) is 35.0 Å². The summed E-state index contributed by atoms with van der Waals surface area (Å²) in [5.74, 6) is 4.18. The summed E-state index contributed by atoms with van der Waals surface area (Å²) in [6, 6.07) is 0. The lowest BCUT2D eigenvalue weighted by atomic mass is 9.52. The maximum Gasteiger partial charge on any atom is 0.133 e. The number of hydrogen-bond acceptors (Lipinski definition) is 1. The monoisotopic (exact) mass is 284 g/mol. The molecule has 2 saturated carbocycles. The molecule has 4 aliphatic rings. The van der Waals surface area contributed by atoms with E-state index in [9.17, 15) is 4.79 Å². The molecule has 1 heteroatoms. The second-order valence-corrected chi connectivity index (χ2v) is 8.25. The van der Waals surface area contributed by atoms with Crippen LogP contribution in [0.1, 0.15) is 58.8 Å². The molecule has 6 atom stereocenters. The molecular formula is C20H28O. The predicted octanol–water partition coefficient (Wildman–Crippen LogP) is 4.93. The number of rotatable bonds is 1. The Kier molecular flexibility index (Phi) is 3.17. The number of carbonyl (C=O) groups excluding carboxylic acids is 1. The van der Waals surface area contributed by atoms with Gasteiger partial charge in [0.15, 0.2) is 0 Å². The molecule has 0 unspecified atom stereocenters. The first kappa shape index (κ1) is 13.8. The Bertz CT molecular complexity index is 514. The average Bonchev–Trinajstić information content (AvgIpc) is 2.84. The lowest BCUT2D eigenvalue weighted by molar-refractivity contribution is -0.126. The van der Waals surface area contributed by atoms with Crippen LogP contribution >= 0.6 is 0 Å². The third-order valence-electron chi connectivity index (χ3n) is 7.51. The minimum Gasteiger partial charge on any atom is -0.300 e. The van der Waals surface area contributed by atoms with Crippen molar-refractivity contribution in [1.82, 2.24) is 0 Å². The van der Waals surface area contributed by atoms with E-state index in [1.54, 1.807) is 5.57 Å². The van der Waals surface area contributed by atoms with Crippen molar-refractivity contribution < 1.29 is 4.79 Å². The van der Waals surface area contributed by atoms with Gasteiger partial charge in [0.25, 0.3) is 0 Å². The summed E-state index contributed by atoms with van der Waals surface area (Å²) in [6.45, 7) is 4.27. The summed E-state index contributed by atoms with van der Waals surface area (Å²) < 4.78 is 0. The highest BCUT2D eigenvalue weighted by molar-refractivity contribution is 5.79. The van der Waals surface area contributed by atoms with Crippen LogP contribution in [0.25, 0.3) is 0 Å². The van der Waals surface area contributed by atoms with Crippen LogP contribution in [0.4, 0.5) is 0 Å². The number of allylic oxidation sites excluding steroid dienone is 4. The van der Waals surface area contributed by atoms with Crippen LogP contribution in [0.3, 0.4) is 0 Å². The highest BCUT2D eigenvalue weighted by atomic mass is 16.1. The topological polar surface area (TPSA) is 17.1 Å². The fourth-order valence-corrected chi connectivity index (χ4v) is 6.56. The van der Waals surface area contributed by atoms with Gasteiger partial charge in [-0.2, -0.15) is 0 Å². The molecule has 21 heavy (non-hydrogen) atoms. The molecule has 0 amide bonds. The first-order valence-corrected chi connectivity index (χ1v) is 8.98. The molecule has 0 saturated heterocycles. The SMILES string of the molecule is CC(=O)[C@@H]1CC[C@@H]2[C@@H]3CC=C4C=CCC[C@@H]4[C@@H]3CC[C@]21C. The van der Waals surface area contributed by atoms with Crippen molar-refractivity contribution in [2.75, 3.05) is 0 Å². The zero-order valence-corrected chi connectivity index (χ0v) is 13.5. The minimum absolute atomic E-state index is 0.308. The molecular weight excluding hydrogens is 256 g/mol. The van der Waals surface area contributed by atoms with Gasteiger partial charge in [0.05, 0.1) is 0 Å². The van der Waals surface area contributed by atoms with Gasteiger partial charge >= 0.3 is 0 Å². The van der Waals surface area contributed by atoms with E-state index in [0.717, 1.165) is 30.1 Å². The molecule has 4 aliphatic carbocycles. The van der Waals surface area contributed by atoms with Crippen LogP contribution < -0.4 is 0 Å². The number of Topliss-reactive ketones (excluding diaryl/α,β-unsaturated/α-hetero) is 1. The number of ketones is 1. The third kappa shape index (κ3) is 1.92. The fraction of sp³-hybridized carbons (Fsp3) is 0.750. The van der Waals surface area contributed by atoms with Crippen LogP contribution in [-0.4, -0.2) is 5.78 Å². The molecule has 0 spiro atoms. The first-order valence-electron chi connectivity index (χ1n) is 8.98. The van der Waals surface area contributed by atoms with Gasteiger partial charge in [0, 0.05) is 5.92 Å². The molecule has 0 aliphatic heterocycles. The first-order chi connectivity index (χ1) is 10.1. The van der Waals surface area contributed by atoms with Gasteiger partial charge in [0.1, 0.15) is 5.78 Å². The van der Waals surface area contributed by atoms with Gasteiger partial charge in [-0.1, -0.05) is 25.2 Å². The molecule has 0 N–H and O–H groups in total. The van der Waals surface area contributed by atoms with Gasteiger partial charge in [-0.25, -0.2) is 0 Å². The van der Waals surface area contributed by atoms with E-state index in [0.29, 0.717) is 17.1 Å². The quantitative estimate of drug-likeness (QED) is 0.667. The zero-order valence-electron chi connectivity index (χ0n) is 13.5. The van der Waals surface area contributed by atoms with Crippen LogP contribution in [0.2, 0.25) is 0 Å². The molecule has 0 heterocycles. The minimum atomic E-state index is 0.308. The molecule has 0 aromatic heterocycles. The van der Waals surface area contributed by atoms with E-state index >= 15 is 0 Å². The fourth-order valence-electron chi connectivity index (χ4n) is 6.56. The van der Waals surface area contributed by atoms with Crippen LogP contribution in [-0.2, 0) is 4.79 Å². The van der Waals surface area contributed by atoms with Crippen LogP contribution in [0.15, 0.2) is 23.8 Å². The van der Waals surface area contributed by atoms with Crippen molar-refractivity contribution >= 4 is 5.78 Å². The molecule has 0 aromatic rings. The number of hydrogen-bond donors (Lipinski definition) is 0. The van der Waals surface area contributed by atoms with Gasteiger partial charge in [-0.05, 0) is 86.5 Å². The van der Waals surface area contributed by atoms with Crippen molar-refractivity contribution in [3.8, 4) is 0 Å². The Labute approximate surface area is 128 Å². The Hall–Kier alpha value is -0.850. The number of carbonyl (C=O) groups is 1. The highest BCUT2D eigenvalue weighted by Gasteiger charge is 2.56. The van der Waals surface area contributed by atoms with E-state index in [4.69, 9.17) is 0 Å². The van der Waals surface area contributed by atoms with Gasteiger partial charge in [-0.3, -0.25) is 4.79 Å². The predicted molar refractivity (Wildman–Crippen MR) is 85.8 cm³/mol. The zero-order chi connectivity index (χ0) is 14.6. The number of fused-ring (bicyclic) bond motifs is 5. The Balaban J connectivity index is 1.65. The maximum atomic E-state index is 12.1. The Morgan fingerprint density at radius 2 is 2.05 bits per heavy atom. The molecule has 0 bridgehead atoms. The molecule has 0 radical (unpaired) electrons.